The van der Waals surface area contributed by atoms with Crippen LogP contribution in [0.2, 0.25) is 0 Å². The SMILES string of the molecule is CCOC(=O)CCNC(=O)c1ccc2c(c1)NCC2. The number of carbonyl (C=O) groups is 2. The quantitative estimate of drug-likeness (QED) is 0.786. The molecule has 1 aliphatic rings. The van der Waals surface area contributed by atoms with Crippen molar-refractivity contribution in [3.05, 3.63) is 29.3 Å². The van der Waals surface area contributed by atoms with Gasteiger partial charge in [0.15, 0.2) is 0 Å². The summed E-state index contributed by atoms with van der Waals surface area (Å²) in [6.45, 7) is 3.34. The molecule has 2 rings (SSSR count). The minimum Gasteiger partial charge on any atom is -0.466 e. The van der Waals surface area contributed by atoms with Gasteiger partial charge in [-0.1, -0.05) is 6.07 Å². The van der Waals surface area contributed by atoms with Crippen LogP contribution < -0.4 is 10.6 Å². The summed E-state index contributed by atoms with van der Waals surface area (Å²) in [5, 5.41) is 5.94. The number of ether oxygens (including phenoxy) is 1. The Kier molecular flexibility index (Phi) is 4.39. The molecule has 1 aromatic carbocycles. The molecule has 5 nitrogen and oxygen atoms in total. The maximum Gasteiger partial charge on any atom is 0.307 e. The van der Waals surface area contributed by atoms with Crippen LogP contribution in [0.15, 0.2) is 18.2 Å². The highest BCUT2D eigenvalue weighted by Gasteiger charge is 2.13. The second kappa shape index (κ2) is 6.22. The van der Waals surface area contributed by atoms with Crippen LogP contribution in [0.4, 0.5) is 5.69 Å². The van der Waals surface area contributed by atoms with Crippen LogP contribution in [-0.2, 0) is 16.0 Å². The first-order valence-electron chi connectivity index (χ1n) is 6.51. The van der Waals surface area contributed by atoms with E-state index in [1.165, 1.54) is 5.56 Å². The molecule has 0 saturated carbocycles. The molecule has 0 unspecified atom stereocenters. The molecule has 0 saturated heterocycles. The maximum absolute atomic E-state index is 11.9. The molecule has 102 valence electrons. The van der Waals surface area contributed by atoms with E-state index in [9.17, 15) is 9.59 Å². The van der Waals surface area contributed by atoms with E-state index in [1.54, 1.807) is 6.92 Å². The fraction of sp³-hybridized carbons (Fsp3) is 0.429. The zero-order valence-corrected chi connectivity index (χ0v) is 11.0. The first-order chi connectivity index (χ1) is 9.20. The van der Waals surface area contributed by atoms with E-state index in [2.05, 4.69) is 10.6 Å². The van der Waals surface area contributed by atoms with Gasteiger partial charge in [-0.25, -0.2) is 0 Å². The van der Waals surface area contributed by atoms with E-state index in [4.69, 9.17) is 4.74 Å². The molecule has 1 heterocycles. The van der Waals surface area contributed by atoms with Crippen LogP contribution in [0.3, 0.4) is 0 Å². The Balaban J connectivity index is 1.85. The second-order valence-corrected chi connectivity index (χ2v) is 4.36. The van der Waals surface area contributed by atoms with Gasteiger partial charge in [-0.05, 0) is 31.0 Å². The molecule has 2 N–H and O–H groups in total. The molecule has 0 aromatic heterocycles. The highest BCUT2D eigenvalue weighted by atomic mass is 16.5. The van der Waals surface area contributed by atoms with Crippen LogP contribution >= 0.6 is 0 Å². The summed E-state index contributed by atoms with van der Waals surface area (Å²) in [5.74, 6) is -0.459. The number of benzene rings is 1. The number of fused-ring (bicyclic) bond motifs is 1. The summed E-state index contributed by atoms with van der Waals surface area (Å²) in [6.07, 6.45) is 1.20. The molecular weight excluding hydrogens is 244 g/mol. The average Bonchev–Trinajstić information content (AvgIpc) is 2.86. The molecule has 19 heavy (non-hydrogen) atoms. The fourth-order valence-corrected chi connectivity index (χ4v) is 2.05. The number of rotatable bonds is 5. The zero-order chi connectivity index (χ0) is 13.7. The Bertz CT molecular complexity index is 486. The Labute approximate surface area is 112 Å². The van der Waals surface area contributed by atoms with Crippen LogP contribution in [0.25, 0.3) is 0 Å². The number of carbonyl (C=O) groups excluding carboxylic acids is 2. The third-order valence-electron chi connectivity index (χ3n) is 3.00. The Morgan fingerprint density at radius 3 is 3.05 bits per heavy atom. The number of esters is 1. The summed E-state index contributed by atoms with van der Waals surface area (Å²) >= 11 is 0. The number of amides is 1. The summed E-state index contributed by atoms with van der Waals surface area (Å²) in [7, 11) is 0. The van der Waals surface area contributed by atoms with Gasteiger partial charge < -0.3 is 15.4 Å². The number of hydrogen-bond donors (Lipinski definition) is 2. The van der Waals surface area contributed by atoms with E-state index in [0.29, 0.717) is 18.7 Å². The van der Waals surface area contributed by atoms with E-state index >= 15 is 0 Å². The summed E-state index contributed by atoms with van der Waals surface area (Å²) in [4.78, 5) is 23.0. The van der Waals surface area contributed by atoms with Crippen molar-refractivity contribution < 1.29 is 14.3 Å². The molecule has 5 heteroatoms. The van der Waals surface area contributed by atoms with E-state index in [-0.39, 0.29) is 18.3 Å². The molecule has 1 aliphatic heterocycles. The van der Waals surface area contributed by atoms with Crippen molar-refractivity contribution >= 4 is 17.6 Å². The normalized spacial score (nSPS) is 12.5. The molecule has 0 aliphatic carbocycles. The van der Waals surface area contributed by atoms with Crippen molar-refractivity contribution in [3.63, 3.8) is 0 Å². The highest BCUT2D eigenvalue weighted by Crippen LogP contribution is 2.22. The average molecular weight is 262 g/mol. The summed E-state index contributed by atoms with van der Waals surface area (Å²) in [5.41, 5.74) is 2.87. The minimum atomic E-state index is -0.293. The first kappa shape index (κ1) is 13.4. The third-order valence-corrected chi connectivity index (χ3v) is 3.00. The monoisotopic (exact) mass is 262 g/mol. The van der Waals surface area contributed by atoms with Gasteiger partial charge in [0.2, 0.25) is 0 Å². The largest absolute Gasteiger partial charge is 0.466 e. The number of anilines is 1. The fourth-order valence-electron chi connectivity index (χ4n) is 2.05. The van der Waals surface area contributed by atoms with Crippen LogP contribution in [0, 0.1) is 0 Å². The van der Waals surface area contributed by atoms with Gasteiger partial charge in [0.1, 0.15) is 0 Å². The lowest BCUT2D eigenvalue weighted by Gasteiger charge is -2.07. The Morgan fingerprint density at radius 1 is 1.42 bits per heavy atom. The van der Waals surface area contributed by atoms with E-state index < -0.39 is 0 Å². The van der Waals surface area contributed by atoms with E-state index in [0.717, 1.165) is 18.7 Å². The van der Waals surface area contributed by atoms with Crippen LogP contribution in [0.5, 0.6) is 0 Å². The minimum absolute atomic E-state index is 0.166. The molecular formula is C14H18N2O3. The summed E-state index contributed by atoms with van der Waals surface area (Å²) in [6, 6.07) is 5.63. The maximum atomic E-state index is 11.9. The molecule has 0 bridgehead atoms. The van der Waals surface area contributed by atoms with Crippen molar-refractivity contribution in [2.24, 2.45) is 0 Å². The topological polar surface area (TPSA) is 67.4 Å². The lowest BCUT2D eigenvalue weighted by molar-refractivity contribution is -0.142. The van der Waals surface area contributed by atoms with Gasteiger partial charge in [-0.2, -0.15) is 0 Å². The Hall–Kier alpha value is -2.04. The van der Waals surface area contributed by atoms with Crippen molar-refractivity contribution in [2.45, 2.75) is 19.8 Å². The molecule has 1 aromatic rings. The number of nitrogens with one attached hydrogen (secondary N) is 2. The predicted octanol–water partition coefficient (Wildman–Crippen LogP) is 1.34. The first-order valence-corrected chi connectivity index (χ1v) is 6.51. The van der Waals surface area contributed by atoms with Gasteiger partial charge in [0.25, 0.3) is 5.91 Å². The molecule has 0 atom stereocenters. The second-order valence-electron chi connectivity index (χ2n) is 4.36. The number of hydrogen-bond acceptors (Lipinski definition) is 4. The van der Waals surface area contributed by atoms with Gasteiger partial charge >= 0.3 is 5.97 Å². The van der Waals surface area contributed by atoms with Crippen LogP contribution in [0.1, 0.15) is 29.3 Å². The third kappa shape index (κ3) is 3.47. The summed E-state index contributed by atoms with van der Waals surface area (Å²) < 4.78 is 4.79. The van der Waals surface area contributed by atoms with Crippen molar-refractivity contribution in [1.29, 1.82) is 0 Å². The molecule has 0 fully saturated rings. The van der Waals surface area contributed by atoms with Crippen molar-refractivity contribution in [3.8, 4) is 0 Å². The van der Waals surface area contributed by atoms with E-state index in [1.807, 2.05) is 18.2 Å². The zero-order valence-electron chi connectivity index (χ0n) is 11.0. The van der Waals surface area contributed by atoms with Gasteiger partial charge in [-0.15, -0.1) is 0 Å². The smallest absolute Gasteiger partial charge is 0.307 e. The molecule has 0 radical (unpaired) electrons. The predicted molar refractivity (Wildman–Crippen MR) is 72.2 cm³/mol. The van der Waals surface area contributed by atoms with Gasteiger partial charge in [0.05, 0.1) is 13.0 Å². The lowest BCUT2D eigenvalue weighted by atomic mass is 10.1. The molecule has 1 amide bonds. The van der Waals surface area contributed by atoms with Crippen LogP contribution in [-0.4, -0.2) is 31.6 Å². The van der Waals surface area contributed by atoms with Gasteiger partial charge in [0, 0.05) is 24.3 Å². The van der Waals surface area contributed by atoms with Gasteiger partial charge in [-0.3, -0.25) is 9.59 Å². The highest BCUT2D eigenvalue weighted by molar-refractivity contribution is 5.95. The molecule has 0 spiro atoms. The van der Waals surface area contributed by atoms with Crippen molar-refractivity contribution in [2.75, 3.05) is 25.0 Å². The van der Waals surface area contributed by atoms with Crippen molar-refractivity contribution in [1.82, 2.24) is 5.32 Å². The standard InChI is InChI=1S/C14H18N2O3/c1-2-19-13(17)6-8-16-14(18)11-4-3-10-5-7-15-12(10)9-11/h3-4,9,15H,2,5-8H2,1H3,(H,16,18). The lowest BCUT2D eigenvalue weighted by Crippen LogP contribution is -2.26. The Morgan fingerprint density at radius 2 is 2.26 bits per heavy atom.